The highest BCUT2D eigenvalue weighted by atomic mass is 16.2. The van der Waals surface area contributed by atoms with E-state index >= 15 is 0 Å². The number of amidine groups is 1. The minimum absolute atomic E-state index is 0.0532. The molecule has 0 aliphatic carbocycles. The standard InChI is InChI=1S/C22H25N3O2/c1-16-14-22(15-17-10-6-4-7-11-17,21(27)23-19(16)25(2)3)24-20(26)18-12-8-5-9-13-18/h4-13,16H,14-15H2,1-3H3,(H,24,26)/t16-,22+/m0/s1. The fourth-order valence-corrected chi connectivity index (χ4v) is 3.68. The van der Waals surface area contributed by atoms with E-state index in [9.17, 15) is 9.59 Å². The second kappa shape index (κ2) is 7.74. The molecule has 5 nitrogen and oxygen atoms in total. The van der Waals surface area contributed by atoms with Crippen LogP contribution in [-0.2, 0) is 11.2 Å². The van der Waals surface area contributed by atoms with E-state index in [0.717, 1.165) is 11.4 Å². The van der Waals surface area contributed by atoms with Crippen molar-refractivity contribution in [1.82, 2.24) is 10.2 Å². The molecule has 27 heavy (non-hydrogen) atoms. The van der Waals surface area contributed by atoms with Gasteiger partial charge >= 0.3 is 0 Å². The summed E-state index contributed by atoms with van der Waals surface area (Å²) in [5.41, 5.74) is 0.482. The van der Waals surface area contributed by atoms with E-state index in [-0.39, 0.29) is 17.7 Å². The fourth-order valence-electron chi connectivity index (χ4n) is 3.68. The Bertz CT molecular complexity index is 846. The fraction of sp³-hybridized carbons (Fsp3) is 0.318. The van der Waals surface area contributed by atoms with Crippen LogP contribution < -0.4 is 5.32 Å². The Morgan fingerprint density at radius 3 is 2.30 bits per heavy atom. The lowest BCUT2D eigenvalue weighted by Crippen LogP contribution is -2.60. The van der Waals surface area contributed by atoms with Gasteiger partial charge < -0.3 is 10.2 Å². The number of rotatable bonds is 4. The molecule has 2 amide bonds. The van der Waals surface area contributed by atoms with Crippen LogP contribution in [-0.4, -0.2) is 42.2 Å². The van der Waals surface area contributed by atoms with Crippen molar-refractivity contribution < 1.29 is 9.59 Å². The molecule has 140 valence electrons. The molecular formula is C22H25N3O2. The van der Waals surface area contributed by atoms with Gasteiger partial charge in [-0.05, 0) is 24.1 Å². The van der Waals surface area contributed by atoms with Crippen molar-refractivity contribution in [1.29, 1.82) is 0 Å². The van der Waals surface area contributed by atoms with Gasteiger partial charge in [-0.15, -0.1) is 0 Å². The van der Waals surface area contributed by atoms with Crippen molar-refractivity contribution in [3.8, 4) is 0 Å². The Balaban J connectivity index is 1.97. The van der Waals surface area contributed by atoms with Gasteiger partial charge in [0.1, 0.15) is 11.4 Å². The maximum Gasteiger partial charge on any atom is 0.273 e. The van der Waals surface area contributed by atoms with Gasteiger partial charge in [-0.1, -0.05) is 55.5 Å². The molecule has 0 fully saturated rings. The van der Waals surface area contributed by atoms with Gasteiger partial charge in [-0.25, -0.2) is 0 Å². The highest BCUT2D eigenvalue weighted by molar-refractivity contribution is 6.06. The van der Waals surface area contributed by atoms with Crippen LogP contribution in [0.5, 0.6) is 0 Å². The number of amides is 2. The molecule has 1 aliphatic rings. The topological polar surface area (TPSA) is 61.8 Å². The van der Waals surface area contributed by atoms with Crippen LogP contribution >= 0.6 is 0 Å². The van der Waals surface area contributed by atoms with Crippen LogP contribution in [0.2, 0.25) is 0 Å². The van der Waals surface area contributed by atoms with E-state index in [2.05, 4.69) is 10.3 Å². The van der Waals surface area contributed by atoms with Crippen molar-refractivity contribution in [3.05, 3.63) is 71.8 Å². The smallest absolute Gasteiger partial charge is 0.273 e. The van der Waals surface area contributed by atoms with Gasteiger partial charge in [-0.2, -0.15) is 4.99 Å². The zero-order valence-corrected chi connectivity index (χ0v) is 16.0. The summed E-state index contributed by atoms with van der Waals surface area (Å²) in [6.45, 7) is 2.04. The molecule has 5 heteroatoms. The molecule has 0 radical (unpaired) electrons. The minimum Gasteiger partial charge on any atom is -0.366 e. The van der Waals surface area contributed by atoms with Crippen LogP contribution in [0.1, 0.15) is 29.3 Å². The number of benzene rings is 2. The molecular weight excluding hydrogens is 338 g/mol. The number of aliphatic imine (C=N–C) groups is 1. The SMILES string of the molecule is C[C@H]1C[C@](Cc2ccccc2)(NC(=O)c2ccccc2)C(=O)N=C1N(C)C. The maximum absolute atomic E-state index is 13.1. The average Bonchev–Trinajstić information content (AvgIpc) is 2.66. The number of carbonyl (C=O) groups is 2. The number of nitrogens with zero attached hydrogens (tertiary/aromatic N) is 2. The minimum atomic E-state index is -1.05. The second-order valence-corrected chi connectivity index (χ2v) is 7.34. The van der Waals surface area contributed by atoms with Gasteiger partial charge in [-0.3, -0.25) is 9.59 Å². The van der Waals surface area contributed by atoms with Crippen molar-refractivity contribution >= 4 is 17.6 Å². The molecule has 0 saturated carbocycles. The lowest BCUT2D eigenvalue weighted by molar-refractivity contribution is -0.125. The van der Waals surface area contributed by atoms with E-state index in [1.165, 1.54) is 0 Å². The summed E-state index contributed by atoms with van der Waals surface area (Å²) in [5.74, 6) is 0.253. The summed E-state index contributed by atoms with van der Waals surface area (Å²) in [5, 5.41) is 3.02. The predicted octanol–water partition coefficient (Wildman–Crippen LogP) is 2.92. The molecule has 0 bridgehead atoms. The Morgan fingerprint density at radius 1 is 1.11 bits per heavy atom. The summed E-state index contributed by atoms with van der Waals surface area (Å²) in [6, 6.07) is 18.7. The molecule has 2 aromatic rings. The summed E-state index contributed by atoms with van der Waals surface area (Å²) < 4.78 is 0. The number of carbonyl (C=O) groups excluding carboxylic acids is 2. The van der Waals surface area contributed by atoms with Crippen molar-refractivity contribution in [2.75, 3.05) is 14.1 Å². The Labute approximate surface area is 160 Å². The Morgan fingerprint density at radius 2 is 1.70 bits per heavy atom. The third-order valence-corrected chi connectivity index (χ3v) is 4.92. The van der Waals surface area contributed by atoms with Crippen LogP contribution in [0, 0.1) is 5.92 Å². The molecule has 0 unspecified atom stereocenters. The largest absolute Gasteiger partial charge is 0.366 e. The molecule has 0 saturated heterocycles. The van der Waals surface area contributed by atoms with Gasteiger partial charge in [0, 0.05) is 32.0 Å². The molecule has 2 aromatic carbocycles. The van der Waals surface area contributed by atoms with Gasteiger partial charge in [0.2, 0.25) is 0 Å². The first-order chi connectivity index (χ1) is 12.9. The molecule has 2 atom stereocenters. The van der Waals surface area contributed by atoms with Crippen LogP contribution in [0.15, 0.2) is 65.7 Å². The summed E-state index contributed by atoms with van der Waals surface area (Å²) in [7, 11) is 3.77. The van der Waals surface area contributed by atoms with E-state index in [0.29, 0.717) is 18.4 Å². The highest BCUT2D eigenvalue weighted by Gasteiger charge is 2.45. The first-order valence-corrected chi connectivity index (χ1v) is 9.13. The molecule has 1 N–H and O–H groups in total. The first kappa shape index (κ1) is 18.8. The van der Waals surface area contributed by atoms with Gasteiger partial charge in [0.25, 0.3) is 11.8 Å². The van der Waals surface area contributed by atoms with Crippen molar-refractivity contribution in [2.45, 2.75) is 25.3 Å². The lowest BCUT2D eigenvalue weighted by atomic mass is 9.79. The van der Waals surface area contributed by atoms with Crippen LogP contribution in [0.3, 0.4) is 0 Å². The normalized spacial score (nSPS) is 22.1. The third kappa shape index (κ3) is 4.08. The molecule has 1 aliphatic heterocycles. The molecule has 3 rings (SSSR count). The zero-order valence-electron chi connectivity index (χ0n) is 16.0. The number of nitrogens with one attached hydrogen (secondary N) is 1. The Hall–Kier alpha value is -2.95. The average molecular weight is 363 g/mol. The summed E-state index contributed by atoms with van der Waals surface area (Å²) in [6.07, 6.45) is 0.927. The van der Waals surface area contributed by atoms with E-state index in [1.807, 2.05) is 74.4 Å². The molecule has 0 spiro atoms. The summed E-state index contributed by atoms with van der Waals surface area (Å²) in [4.78, 5) is 32.2. The Kier molecular flexibility index (Phi) is 5.40. The molecule has 0 aromatic heterocycles. The van der Waals surface area contributed by atoms with Crippen LogP contribution in [0.4, 0.5) is 0 Å². The monoisotopic (exact) mass is 363 g/mol. The van der Waals surface area contributed by atoms with E-state index < -0.39 is 5.54 Å². The summed E-state index contributed by atoms with van der Waals surface area (Å²) >= 11 is 0. The van der Waals surface area contributed by atoms with Gasteiger partial charge in [0.15, 0.2) is 0 Å². The van der Waals surface area contributed by atoms with E-state index in [4.69, 9.17) is 0 Å². The number of hydrogen-bond acceptors (Lipinski definition) is 3. The van der Waals surface area contributed by atoms with E-state index in [1.54, 1.807) is 12.1 Å². The van der Waals surface area contributed by atoms with Gasteiger partial charge in [0.05, 0.1) is 0 Å². The maximum atomic E-state index is 13.1. The highest BCUT2D eigenvalue weighted by Crippen LogP contribution is 2.30. The molecule has 1 heterocycles. The third-order valence-electron chi connectivity index (χ3n) is 4.92. The first-order valence-electron chi connectivity index (χ1n) is 9.13. The quantitative estimate of drug-likeness (QED) is 0.908. The van der Waals surface area contributed by atoms with Crippen molar-refractivity contribution in [2.24, 2.45) is 10.9 Å². The lowest BCUT2D eigenvalue weighted by Gasteiger charge is -2.39. The van der Waals surface area contributed by atoms with Crippen LogP contribution in [0.25, 0.3) is 0 Å². The predicted molar refractivity (Wildman–Crippen MR) is 107 cm³/mol. The number of hydrogen-bond donors (Lipinski definition) is 1. The van der Waals surface area contributed by atoms with Crippen molar-refractivity contribution in [3.63, 3.8) is 0 Å². The zero-order chi connectivity index (χ0) is 19.4. The second-order valence-electron chi connectivity index (χ2n) is 7.34.